The van der Waals surface area contributed by atoms with Gasteiger partial charge in [-0.25, -0.2) is 17.9 Å². The molecule has 0 bridgehead atoms. The van der Waals surface area contributed by atoms with E-state index >= 15 is 0 Å². The molecule has 2 aromatic carbocycles. The number of methoxy groups -OCH3 is 1. The Morgan fingerprint density at radius 2 is 2.03 bits per heavy atom. The Kier molecular flexibility index (Phi) is 8.29. The Hall–Kier alpha value is -2.53. The van der Waals surface area contributed by atoms with Crippen LogP contribution in [0.25, 0.3) is 5.57 Å². The molecular formula is C24H23BrCl2N4O4S. The number of hydrogen-bond donors (Lipinski definition) is 2. The van der Waals surface area contributed by atoms with Gasteiger partial charge in [-0.05, 0) is 66.3 Å². The zero-order valence-electron chi connectivity index (χ0n) is 19.2. The van der Waals surface area contributed by atoms with E-state index in [9.17, 15) is 13.2 Å². The van der Waals surface area contributed by atoms with E-state index in [0.717, 1.165) is 41.7 Å². The van der Waals surface area contributed by atoms with E-state index < -0.39 is 16.1 Å². The van der Waals surface area contributed by atoms with Crippen molar-refractivity contribution in [3.05, 3.63) is 80.0 Å². The second-order valence-corrected chi connectivity index (χ2v) is 11.5. The fourth-order valence-corrected chi connectivity index (χ4v) is 6.14. The van der Waals surface area contributed by atoms with Crippen molar-refractivity contribution in [2.75, 3.05) is 13.7 Å². The third-order valence-electron chi connectivity index (χ3n) is 5.70. The van der Waals surface area contributed by atoms with E-state index in [0.29, 0.717) is 21.1 Å². The quantitative estimate of drug-likeness (QED) is 0.371. The number of carbonyl (C=O) groups is 1. The van der Waals surface area contributed by atoms with E-state index in [2.05, 4.69) is 26.3 Å². The molecule has 190 valence electrons. The molecule has 1 heterocycles. The van der Waals surface area contributed by atoms with E-state index in [1.54, 1.807) is 18.2 Å². The van der Waals surface area contributed by atoms with Crippen LogP contribution in [0.15, 0.2) is 58.0 Å². The Morgan fingerprint density at radius 1 is 1.22 bits per heavy atom. The van der Waals surface area contributed by atoms with Crippen molar-refractivity contribution in [2.24, 2.45) is 0 Å². The number of aromatic nitrogens is 2. The van der Waals surface area contributed by atoms with Crippen LogP contribution < -0.4 is 14.8 Å². The minimum Gasteiger partial charge on any atom is -0.495 e. The Morgan fingerprint density at radius 3 is 2.78 bits per heavy atom. The zero-order valence-corrected chi connectivity index (χ0v) is 23.1. The van der Waals surface area contributed by atoms with Crippen LogP contribution in [0.1, 0.15) is 29.7 Å². The van der Waals surface area contributed by atoms with Crippen LogP contribution in [0.4, 0.5) is 4.79 Å². The maximum atomic E-state index is 12.7. The highest BCUT2D eigenvalue weighted by atomic mass is 79.9. The largest absolute Gasteiger partial charge is 0.495 e. The van der Waals surface area contributed by atoms with Gasteiger partial charge in [-0.1, -0.05) is 51.3 Å². The second kappa shape index (κ2) is 11.2. The number of allylic oxidation sites excluding steroid dienone is 1. The lowest BCUT2D eigenvalue weighted by molar-refractivity contribution is 0.247. The zero-order chi connectivity index (χ0) is 25.9. The van der Waals surface area contributed by atoms with Gasteiger partial charge in [0.1, 0.15) is 10.6 Å². The van der Waals surface area contributed by atoms with Gasteiger partial charge >= 0.3 is 6.03 Å². The maximum absolute atomic E-state index is 12.7. The minimum absolute atomic E-state index is 0.129. The number of fused-ring (bicyclic) bond motifs is 1. The summed E-state index contributed by atoms with van der Waals surface area (Å²) in [5.41, 5.74) is 4.02. The average molecular weight is 614 g/mol. The molecule has 36 heavy (non-hydrogen) atoms. The summed E-state index contributed by atoms with van der Waals surface area (Å²) in [4.78, 5) is 12.3. The van der Waals surface area contributed by atoms with E-state index in [-0.39, 0.29) is 17.2 Å². The molecule has 1 aromatic heterocycles. The fraction of sp³-hybridized carbons (Fsp3) is 0.250. The summed E-state index contributed by atoms with van der Waals surface area (Å²) < 4.78 is 35.0. The molecule has 0 fully saturated rings. The molecule has 0 saturated carbocycles. The second-order valence-electron chi connectivity index (χ2n) is 8.11. The first-order valence-corrected chi connectivity index (χ1v) is 14.0. The fourth-order valence-electron chi connectivity index (χ4n) is 4.04. The van der Waals surface area contributed by atoms with Crippen LogP contribution >= 0.6 is 39.1 Å². The van der Waals surface area contributed by atoms with Crippen LogP contribution in [0, 0.1) is 0 Å². The molecule has 12 heteroatoms. The van der Waals surface area contributed by atoms with Crippen LogP contribution in [-0.4, -0.2) is 37.9 Å². The first-order chi connectivity index (χ1) is 17.2. The first kappa shape index (κ1) is 26.5. The van der Waals surface area contributed by atoms with Crippen molar-refractivity contribution in [3.8, 4) is 5.75 Å². The molecule has 0 unspecified atom stereocenters. The average Bonchev–Trinajstić information content (AvgIpc) is 3.24. The number of ether oxygens (including phenoxy) is 1. The number of sulfonamides is 1. The lowest BCUT2D eigenvalue weighted by Gasteiger charge is -2.18. The Bertz CT molecular complexity index is 1440. The summed E-state index contributed by atoms with van der Waals surface area (Å²) in [6.07, 6.45) is 6.40. The molecule has 1 aliphatic carbocycles. The predicted octanol–water partition coefficient (Wildman–Crippen LogP) is 5.42. The van der Waals surface area contributed by atoms with Gasteiger partial charge in [0.2, 0.25) is 0 Å². The molecule has 0 saturated heterocycles. The molecule has 1 aliphatic rings. The van der Waals surface area contributed by atoms with Crippen molar-refractivity contribution in [2.45, 2.75) is 30.7 Å². The van der Waals surface area contributed by atoms with Crippen molar-refractivity contribution in [3.63, 3.8) is 0 Å². The topological polar surface area (TPSA) is 102 Å². The Labute approximate surface area is 227 Å². The van der Waals surface area contributed by atoms with Gasteiger partial charge in [0.25, 0.3) is 10.0 Å². The smallest absolute Gasteiger partial charge is 0.328 e. The van der Waals surface area contributed by atoms with Crippen molar-refractivity contribution < 1.29 is 17.9 Å². The van der Waals surface area contributed by atoms with Gasteiger partial charge in [-0.15, -0.1) is 0 Å². The normalized spacial score (nSPS) is 14.4. The standard InChI is InChI=1S/C24H23BrCl2N4O4S/c1-35-21-8-6-18(25)11-22(21)36(33,34)30-24(32)28-10-9-15-3-2-4-16-13-29-31(23(15)16)14-17-5-7-19(26)12-20(17)27/h5-9,11-13H,2-4,10,14H2,1H3,(H2,28,30,32)/b15-9+. The summed E-state index contributed by atoms with van der Waals surface area (Å²) in [6.45, 7) is 0.613. The number of urea groups is 1. The number of amides is 2. The Balaban J connectivity index is 1.46. The van der Waals surface area contributed by atoms with Crippen molar-refractivity contribution >= 4 is 60.8 Å². The summed E-state index contributed by atoms with van der Waals surface area (Å²) in [5, 5.41) is 8.27. The number of halogens is 3. The minimum atomic E-state index is -4.14. The van der Waals surface area contributed by atoms with Crippen LogP contribution in [0.3, 0.4) is 0 Å². The maximum Gasteiger partial charge on any atom is 0.328 e. The lowest BCUT2D eigenvalue weighted by atomic mass is 9.92. The van der Waals surface area contributed by atoms with Gasteiger partial charge < -0.3 is 10.1 Å². The summed E-state index contributed by atoms with van der Waals surface area (Å²) in [7, 11) is -2.78. The molecule has 8 nitrogen and oxygen atoms in total. The number of hydrogen-bond acceptors (Lipinski definition) is 5. The number of aryl methyl sites for hydroxylation is 1. The number of benzene rings is 2. The highest BCUT2D eigenvalue weighted by Crippen LogP contribution is 2.32. The van der Waals surface area contributed by atoms with E-state index in [1.807, 2.05) is 27.7 Å². The number of rotatable bonds is 7. The molecule has 4 rings (SSSR count). The van der Waals surface area contributed by atoms with E-state index in [1.165, 1.54) is 19.2 Å². The first-order valence-electron chi connectivity index (χ1n) is 11.0. The lowest BCUT2D eigenvalue weighted by Crippen LogP contribution is -2.39. The number of nitrogens with zero attached hydrogens (tertiary/aromatic N) is 2. The summed E-state index contributed by atoms with van der Waals surface area (Å²) >= 11 is 15.6. The van der Waals surface area contributed by atoms with Crippen LogP contribution in [0.5, 0.6) is 5.75 Å². The summed E-state index contributed by atoms with van der Waals surface area (Å²) in [6, 6.07) is 9.04. The molecule has 2 amide bonds. The summed E-state index contributed by atoms with van der Waals surface area (Å²) in [5.74, 6) is 0.129. The van der Waals surface area contributed by atoms with Gasteiger partial charge in [0.05, 0.1) is 25.5 Å². The number of nitrogens with one attached hydrogen (secondary N) is 2. The SMILES string of the molecule is COc1ccc(Br)cc1S(=O)(=O)NC(=O)NC/C=C1\CCCc2cnn(Cc3ccc(Cl)cc3Cl)c21. The van der Waals surface area contributed by atoms with Crippen LogP contribution in [-0.2, 0) is 23.0 Å². The van der Waals surface area contributed by atoms with Gasteiger partial charge in [0.15, 0.2) is 0 Å². The van der Waals surface area contributed by atoms with Gasteiger partial charge in [-0.3, -0.25) is 4.68 Å². The van der Waals surface area contributed by atoms with Gasteiger partial charge in [0, 0.05) is 21.1 Å². The monoisotopic (exact) mass is 612 g/mol. The highest BCUT2D eigenvalue weighted by molar-refractivity contribution is 9.10. The molecule has 0 radical (unpaired) electrons. The molecular weight excluding hydrogens is 591 g/mol. The third kappa shape index (κ3) is 6.05. The predicted molar refractivity (Wildman–Crippen MR) is 143 cm³/mol. The highest BCUT2D eigenvalue weighted by Gasteiger charge is 2.23. The van der Waals surface area contributed by atoms with Crippen molar-refractivity contribution in [1.29, 1.82) is 0 Å². The molecule has 0 aliphatic heterocycles. The van der Waals surface area contributed by atoms with E-state index in [4.69, 9.17) is 27.9 Å². The molecule has 2 N–H and O–H groups in total. The third-order valence-corrected chi connectivity index (χ3v) is 8.13. The molecule has 0 atom stereocenters. The molecule has 3 aromatic rings. The van der Waals surface area contributed by atoms with Crippen molar-refractivity contribution in [1.82, 2.24) is 19.8 Å². The van der Waals surface area contributed by atoms with Crippen LogP contribution in [0.2, 0.25) is 10.0 Å². The molecule has 0 spiro atoms. The number of carbonyl (C=O) groups excluding carboxylic acids is 1. The van der Waals surface area contributed by atoms with Gasteiger partial charge in [-0.2, -0.15) is 5.10 Å².